The molecule has 55 heavy (non-hydrogen) atoms. The van der Waals surface area contributed by atoms with E-state index in [0.717, 1.165) is 50.0 Å². The molecule has 2 aromatic heterocycles. The first-order valence-corrected chi connectivity index (χ1v) is 18.9. The predicted molar refractivity (Wildman–Crippen MR) is 229 cm³/mol. The van der Waals surface area contributed by atoms with Crippen LogP contribution in [0.3, 0.4) is 0 Å². The van der Waals surface area contributed by atoms with E-state index in [1.807, 2.05) is 0 Å². The van der Waals surface area contributed by atoms with Gasteiger partial charge in [-0.25, -0.2) is 9.97 Å². The van der Waals surface area contributed by atoms with Crippen molar-refractivity contribution in [3.63, 3.8) is 0 Å². The SMILES string of the molecule is CC1(C)c2ccccc2N(c2ccccc2)c2cc(-c3cccc4c5c6ccccc6ccc5n(-c5nc(-c6ccccc6)c6ccccc6n5)c34)ccc21. The summed E-state index contributed by atoms with van der Waals surface area (Å²) in [7, 11) is 0. The van der Waals surface area contributed by atoms with E-state index < -0.39 is 0 Å². The van der Waals surface area contributed by atoms with Gasteiger partial charge in [-0.2, -0.15) is 0 Å². The minimum atomic E-state index is -0.192. The largest absolute Gasteiger partial charge is 0.310 e. The molecule has 1 aliphatic heterocycles. The molecule has 0 atom stereocenters. The summed E-state index contributed by atoms with van der Waals surface area (Å²) in [6.07, 6.45) is 0. The monoisotopic (exact) mass is 704 g/mol. The average molecular weight is 705 g/mol. The van der Waals surface area contributed by atoms with Crippen LogP contribution >= 0.6 is 0 Å². The fourth-order valence-corrected chi connectivity index (χ4v) is 9.00. The van der Waals surface area contributed by atoms with E-state index >= 15 is 0 Å². The molecular formula is C51H36N4. The second-order valence-electron chi connectivity index (χ2n) is 15.0. The van der Waals surface area contributed by atoms with Gasteiger partial charge in [0.2, 0.25) is 5.95 Å². The molecule has 0 N–H and O–H groups in total. The summed E-state index contributed by atoms with van der Waals surface area (Å²) in [6, 6.07) is 65.3. The third-order valence-corrected chi connectivity index (χ3v) is 11.6. The van der Waals surface area contributed by atoms with Crippen LogP contribution in [0, 0.1) is 0 Å². The zero-order valence-corrected chi connectivity index (χ0v) is 30.6. The lowest BCUT2D eigenvalue weighted by molar-refractivity contribution is 0.632. The molecule has 0 spiro atoms. The fourth-order valence-electron chi connectivity index (χ4n) is 9.00. The van der Waals surface area contributed by atoms with E-state index in [2.05, 4.69) is 205 Å². The van der Waals surface area contributed by atoms with E-state index in [1.165, 1.54) is 44.0 Å². The quantitative estimate of drug-likeness (QED) is 0.183. The van der Waals surface area contributed by atoms with Crippen LogP contribution in [-0.4, -0.2) is 14.5 Å². The Morgan fingerprint density at radius 1 is 0.491 bits per heavy atom. The maximum atomic E-state index is 5.44. The van der Waals surface area contributed by atoms with Gasteiger partial charge in [0.1, 0.15) is 0 Å². The summed E-state index contributed by atoms with van der Waals surface area (Å²) in [4.78, 5) is 13.2. The van der Waals surface area contributed by atoms with Gasteiger partial charge in [0, 0.05) is 38.4 Å². The first kappa shape index (κ1) is 31.5. The summed E-state index contributed by atoms with van der Waals surface area (Å²) in [5, 5.41) is 5.82. The lowest BCUT2D eigenvalue weighted by atomic mass is 9.73. The van der Waals surface area contributed by atoms with Gasteiger partial charge in [-0.05, 0) is 63.9 Å². The van der Waals surface area contributed by atoms with Crippen LogP contribution in [-0.2, 0) is 5.41 Å². The van der Waals surface area contributed by atoms with Crippen molar-refractivity contribution in [1.29, 1.82) is 0 Å². The molecule has 0 amide bonds. The molecule has 11 rings (SSSR count). The lowest BCUT2D eigenvalue weighted by Crippen LogP contribution is -2.30. The Balaban J connectivity index is 1.24. The van der Waals surface area contributed by atoms with Crippen LogP contribution in [0.5, 0.6) is 0 Å². The highest BCUT2D eigenvalue weighted by atomic mass is 15.2. The number of hydrogen-bond acceptors (Lipinski definition) is 3. The molecule has 0 saturated heterocycles. The van der Waals surface area contributed by atoms with Gasteiger partial charge in [0.25, 0.3) is 0 Å². The minimum absolute atomic E-state index is 0.192. The number of hydrogen-bond donors (Lipinski definition) is 0. The van der Waals surface area contributed by atoms with Crippen LogP contribution in [0.2, 0.25) is 0 Å². The Labute approximate surface area is 319 Å². The Morgan fingerprint density at radius 3 is 2.04 bits per heavy atom. The Morgan fingerprint density at radius 2 is 1.18 bits per heavy atom. The first-order valence-electron chi connectivity index (χ1n) is 18.9. The molecule has 1 aliphatic rings. The zero-order valence-electron chi connectivity index (χ0n) is 30.6. The van der Waals surface area contributed by atoms with E-state index in [4.69, 9.17) is 9.97 Å². The standard InChI is InChI=1S/C51H36N4/c1-51(2)41-25-12-14-27-44(41)54(36-19-7-4-8-20-36)46-32-35(28-30-42(46)51)38-23-15-24-40-47-37-21-10-9-16-33(37)29-31-45(47)55(49(38)40)50-52-43-26-13-11-22-39(43)48(53-50)34-17-5-3-6-18-34/h3-32H,1-2H3. The smallest absolute Gasteiger partial charge is 0.235 e. The van der Waals surface area contributed by atoms with Gasteiger partial charge in [-0.3, -0.25) is 4.57 Å². The van der Waals surface area contributed by atoms with Crippen molar-refractivity contribution in [3.8, 4) is 28.3 Å². The van der Waals surface area contributed by atoms with E-state index in [0.29, 0.717) is 5.95 Å². The summed E-state index contributed by atoms with van der Waals surface area (Å²) >= 11 is 0. The topological polar surface area (TPSA) is 34.0 Å². The molecule has 0 unspecified atom stereocenters. The molecule has 0 aliphatic carbocycles. The van der Waals surface area contributed by atoms with Gasteiger partial charge in [-0.15, -0.1) is 0 Å². The van der Waals surface area contributed by atoms with E-state index in [9.17, 15) is 0 Å². The molecule has 0 radical (unpaired) electrons. The maximum absolute atomic E-state index is 5.44. The Hall–Kier alpha value is -7.04. The van der Waals surface area contributed by atoms with Gasteiger partial charge >= 0.3 is 0 Å². The Bertz CT molecular complexity index is 3120. The fraction of sp³-hybridized carbons (Fsp3) is 0.0588. The number of rotatable bonds is 4. The molecule has 260 valence electrons. The minimum Gasteiger partial charge on any atom is -0.310 e. The van der Waals surface area contributed by atoms with Crippen molar-refractivity contribution in [2.24, 2.45) is 0 Å². The molecule has 4 heteroatoms. The van der Waals surface area contributed by atoms with Gasteiger partial charge in [-0.1, -0.05) is 159 Å². The summed E-state index contributed by atoms with van der Waals surface area (Å²) in [6.45, 7) is 4.69. The molecule has 10 aromatic rings. The van der Waals surface area contributed by atoms with Crippen LogP contribution in [0.4, 0.5) is 17.1 Å². The number of fused-ring (bicyclic) bond motifs is 8. The normalized spacial score (nSPS) is 13.4. The van der Waals surface area contributed by atoms with Crippen LogP contribution in [0.25, 0.3) is 71.8 Å². The van der Waals surface area contributed by atoms with Crippen molar-refractivity contribution in [2.45, 2.75) is 19.3 Å². The number of anilines is 3. The highest BCUT2D eigenvalue weighted by Gasteiger charge is 2.37. The highest BCUT2D eigenvalue weighted by Crippen LogP contribution is 2.53. The molecule has 3 heterocycles. The number of aromatic nitrogens is 3. The average Bonchev–Trinajstić information content (AvgIpc) is 3.59. The van der Waals surface area contributed by atoms with Crippen molar-refractivity contribution in [1.82, 2.24) is 14.5 Å². The summed E-state index contributed by atoms with van der Waals surface area (Å²) in [5.74, 6) is 0.652. The van der Waals surface area contributed by atoms with Crippen LogP contribution < -0.4 is 4.90 Å². The third kappa shape index (κ3) is 4.71. The number of benzene rings is 8. The molecular weight excluding hydrogens is 669 g/mol. The van der Waals surface area contributed by atoms with Crippen molar-refractivity contribution < 1.29 is 0 Å². The van der Waals surface area contributed by atoms with Gasteiger partial charge in [0.15, 0.2) is 0 Å². The number of para-hydroxylation sites is 4. The molecule has 8 aromatic carbocycles. The Kier molecular flexibility index (Phi) is 6.86. The second kappa shape index (κ2) is 12.0. The predicted octanol–water partition coefficient (Wildman–Crippen LogP) is 13.3. The van der Waals surface area contributed by atoms with E-state index in [1.54, 1.807) is 0 Å². The van der Waals surface area contributed by atoms with Crippen molar-refractivity contribution in [3.05, 3.63) is 193 Å². The van der Waals surface area contributed by atoms with Gasteiger partial charge in [0.05, 0.1) is 33.6 Å². The van der Waals surface area contributed by atoms with Crippen LogP contribution in [0.1, 0.15) is 25.0 Å². The lowest BCUT2D eigenvalue weighted by Gasteiger charge is -2.42. The molecule has 4 nitrogen and oxygen atoms in total. The highest BCUT2D eigenvalue weighted by molar-refractivity contribution is 6.23. The summed E-state index contributed by atoms with van der Waals surface area (Å²) < 4.78 is 2.30. The summed E-state index contributed by atoms with van der Waals surface area (Å²) in [5.41, 5.74) is 13.3. The third-order valence-electron chi connectivity index (χ3n) is 11.6. The number of nitrogens with zero attached hydrogens (tertiary/aromatic N) is 4. The van der Waals surface area contributed by atoms with E-state index in [-0.39, 0.29) is 5.41 Å². The van der Waals surface area contributed by atoms with Gasteiger partial charge < -0.3 is 4.90 Å². The van der Waals surface area contributed by atoms with Crippen molar-refractivity contribution in [2.75, 3.05) is 4.90 Å². The second-order valence-corrected chi connectivity index (χ2v) is 15.0. The zero-order chi connectivity index (χ0) is 36.7. The van der Waals surface area contributed by atoms with Crippen LogP contribution in [0.15, 0.2) is 182 Å². The first-order chi connectivity index (χ1) is 27.1. The molecule has 0 bridgehead atoms. The molecule has 0 saturated carbocycles. The van der Waals surface area contributed by atoms with Crippen molar-refractivity contribution >= 4 is 60.5 Å². The maximum Gasteiger partial charge on any atom is 0.235 e. The molecule has 0 fully saturated rings.